The van der Waals surface area contributed by atoms with Gasteiger partial charge in [-0.25, -0.2) is 0 Å². The van der Waals surface area contributed by atoms with E-state index in [0.717, 1.165) is 0 Å². The summed E-state index contributed by atoms with van der Waals surface area (Å²) in [5.41, 5.74) is -0.524. The molecule has 0 amide bonds. The average Bonchev–Trinajstić information content (AvgIpc) is 1.95. The van der Waals surface area contributed by atoms with Gasteiger partial charge in [-0.05, 0) is 0 Å². The molecule has 1 saturated carbocycles. The predicted molar refractivity (Wildman–Crippen MR) is 38.1 cm³/mol. The Morgan fingerprint density at radius 2 is 2.00 bits per heavy atom. The largest absolute Gasteiger partial charge is 0.297 e. The van der Waals surface area contributed by atoms with Gasteiger partial charge in [0.1, 0.15) is 0 Å². The highest BCUT2D eigenvalue weighted by molar-refractivity contribution is 6.45. The van der Waals surface area contributed by atoms with Gasteiger partial charge in [-0.2, -0.15) is 0 Å². The molecule has 0 bridgehead atoms. The van der Waals surface area contributed by atoms with Gasteiger partial charge in [0.2, 0.25) is 0 Å². The van der Waals surface area contributed by atoms with E-state index in [9.17, 15) is 9.59 Å². The number of hydrogen-bond acceptors (Lipinski definition) is 2. The molecular weight excluding hydrogens is 152 g/mol. The number of halogens is 1. The maximum atomic E-state index is 11.1. The van der Waals surface area contributed by atoms with Crippen molar-refractivity contribution >= 4 is 23.2 Å². The molecule has 0 heterocycles. The molecule has 0 aromatic carbocycles. The van der Waals surface area contributed by atoms with Crippen molar-refractivity contribution in [2.45, 2.75) is 25.6 Å². The van der Waals surface area contributed by atoms with Gasteiger partial charge in [0.25, 0.3) is 0 Å². The molecule has 3 heteroatoms. The minimum atomic E-state index is -0.880. The Morgan fingerprint density at radius 3 is 2.10 bits per heavy atom. The summed E-state index contributed by atoms with van der Waals surface area (Å²) in [5.74, 6) is -0.282. The van der Waals surface area contributed by atoms with Gasteiger partial charge < -0.3 is 0 Å². The molecule has 1 aliphatic rings. The molecule has 10 heavy (non-hydrogen) atoms. The minimum absolute atomic E-state index is 0.140. The average molecular weight is 161 g/mol. The highest BCUT2D eigenvalue weighted by Gasteiger charge is 2.45. The van der Waals surface area contributed by atoms with Crippen molar-refractivity contribution in [3.8, 4) is 0 Å². The monoisotopic (exact) mass is 160 g/mol. The Kier molecular flexibility index (Phi) is 1.59. The number of ketones is 2. The zero-order valence-electron chi connectivity index (χ0n) is 5.98. The Hall–Kier alpha value is -0.370. The maximum Gasteiger partial charge on any atom is 0.164 e. The summed E-state index contributed by atoms with van der Waals surface area (Å²) in [4.78, 5) is 21.9. The Labute approximate surface area is 64.5 Å². The first kappa shape index (κ1) is 7.73. The topological polar surface area (TPSA) is 34.1 Å². The van der Waals surface area contributed by atoms with Crippen molar-refractivity contribution in [3.05, 3.63) is 0 Å². The van der Waals surface area contributed by atoms with Crippen molar-refractivity contribution in [2.24, 2.45) is 5.41 Å². The highest BCUT2D eigenvalue weighted by Crippen LogP contribution is 2.33. The van der Waals surface area contributed by atoms with Crippen LogP contribution in [0, 0.1) is 5.41 Å². The van der Waals surface area contributed by atoms with Crippen molar-refractivity contribution in [1.82, 2.24) is 0 Å². The van der Waals surface area contributed by atoms with Crippen LogP contribution in [-0.2, 0) is 9.59 Å². The molecule has 0 aromatic rings. The van der Waals surface area contributed by atoms with Crippen molar-refractivity contribution in [2.75, 3.05) is 0 Å². The summed E-state index contributed by atoms with van der Waals surface area (Å²) in [5, 5.41) is -0.880. The third kappa shape index (κ3) is 0.966. The second-order valence-electron chi connectivity index (χ2n) is 3.25. The van der Waals surface area contributed by atoms with Gasteiger partial charge in [-0.15, -0.1) is 11.6 Å². The zero-order valence-corrected chi connectivity index (χ0v) is 6.73. The summed E-state index contributed by atoms with van der Waals surface area (Å²) in [6.07, 6.45) is 0.292. The smallest absolute Gasteiger partial charge is 0.164 e. The number of carbonyl (C=O) groups excluding carboxylic acids is 2. The van der Waals surface area contributed by atoms with Crippen molar-refractivity contribution in [1.29, 1.82) is 0 Å². The summed E-state index contributed by atoms with van der Waals surface area (Å²) >= 11 is 5.50. The standard InChI is InChI=1S/C7H9ClO2/c1-7(2)3-4(9)5(8)6(7)10/h5H,3H2,1-2H3. The lowest BCUT2D eigenvalue weighted by atomic mass is 9.91. The van der Waals surface area contributed by atoms with Gasteiger partial charge in [0.05, 0.1) is 0 Å². The second-order valence-corrected chi connectivity index (χ2v) is 3.69. The molecule has 1 atom stereocenters. The third-order valence-corrected chi connectivity index (χ3v) is 2.24. The van der Waals surface area contributed by atoms with Crippen LogP contribution in [0.25, 0.3) is 0 Å². The number of carbonyl (C=O) groups is 2. The van der Waals surface area contributed by atoms with Gasteiger partial charge in [0, 0.05) is 11.8 Å². The summed E-state index contributed by atoms with van der Waals surface area (Å²) in [7, 11) is 0. The lowest BCUT2D eigenvalue weighted by Crippen LogP contribution is -2.22. The third-order valence-electron chi connectivity index (χ3n) is 1.80. The molecule has 0 radical (unpaired) electrons. The van der Waals surface area contributed by atoms with Crippen LogP contribution < -0.4 is 0 Å². The number of alkyl halides is 1. The van der Waals surface area contributed by atoms with E-state index in [2.05, 4.69) is 0 Å². The maximum absolute atomic E-state index is 11.1. The lowest BCUT2D eigenvalue weighted by molar-refractivity contribution is -0.124. The molecule has 0 spiro atoms. The quantitative estimate of drug-likeness (QED) is 0.394. The van der Waals surface area contributed by atoms with Crippen LogP contribution in [0.5, 0.6) is 0 Å². The highest BCUT2D eigenvalue weighted by atomic mass is 35.5. The van der Waals surface area contributed by atoms with Crippen molar-refractivity contribution < 1.29 is 9.59 Å². The zero-order chi connectivity index (χ0) is 7.94. The number of rotatable bonds is 0. The molecular formula is C7H9ClO2. The van der Waals surface area contributed by atoms with Gasteiger partial charge in [-0.3, -0.25) is 9.59 Å². The van der Waals surface area contributed by atoms with E-state index in [1.807, 2.05) is 0 Å². The molecule has 0 saturated heterocycles. The Balaban J connectivity index is 2.92. The molecule has 1 aliphatic carbocycles. The summed E-state index contributed by atoms with van der Waals surface area (Å²) in [6.45, 7) is 3.49. The molecule has 1 rings (SSSR count). The first-order chi connectivity index (χ1) is 4.45. The fourth-order valence-electron chi connectivity index (χ4n) is 1.10. The van der Waals surface area contributed by atoms with Crippen molar-refractivity contribution in [3.63, 3.8) is 0 Å². The van der Waals surface area contributed by atoms with E-state index in [-0.39, 0.29) is 11.6 Å². The SMILES string of the molecule is CC1(C)CC(=O)C(Cl)C1=O. The molecule has 0 aromatic heterocycles. The van der Waals surface area contributed by atoms with E-state index in [4.69, 9.17) is 11.6 Å². The summed E-state index contributed by atoms with van der Waals surface area (Å²) in [6, 6.07) is 0. The number of Topliss-reactive ketones (excluding diaryl/α,β-unsaturated/α-hetero) is 2. The molecule has 56 valence electrons. The first-order valence-electron chi connectivity index (χ1n) is 3.16. The molecule has 0 aliphatic heterocycles. The molecule has 0 N–H and O–H groups in total. The van der Waals surface area contributed by atoms with Gasteiger partial charge in [-0.1, -0.05) is 13.8 Å². The Bertz CT molecular complexity index is 196. The van der Waals surface area contributed by atoms with Crippen LogP contribution in [0.15, 0.2) is 0 Å². The van der Waals surface area contributed by atoms with Crippen LogP contribution in [0.4, 0.5) is 0 Å². The number of hydrogen-bond donors (Lipinski definition) is 0. The summed E-state index contributed by atoms with van der Waals surface area (Å²) < 4.78 is 0. The minimum Gasteiger partial charge on any atom is -0.297 e. The van der Waals surface area contributed by atoms with Crippen LogP contribution in [0.2, 0.25) is 0 Å². The fourth-order valence-corrected chi connectivity index (χ4v) is 1.47. The Morgan fingerprint density at radius 1 is 1.50 bits per heavy atom. The molecule has 2 nitrogen and oxygen atoms in total. The first-order valence-corrected chi connectivity index (χ1v) is 3.60. The van der Waals surface area contributed by atoms with E-state index >= 15 is 0 Å². The van der Waals surface area contributed by atoms with Crippen LogP contribution in [-0.4, -0.2) is 16.9 Å². The predicted octanol–water partition coefficient (Wildman–Crippen LogP) is 1.16. The lowest BCUT2D eigenvalue weighted by Gasteiger charge is -2.11. The second kappa shape index (κ2) is 2.06. The van der Waals surface area contributed by atoms with Crippen LogP contribution >= 0.6 is 11.6 Å². The fraction of sp³-hybridized carbons (Fsp3) is 0.714. The van der Waals surface area contributed by atoms with Gasteiger partial charge in [0.15, 0.2) is 16.9 Å². The molecule has 1 unspecified atom stereocenters. The van der Waals surface area contributed by atoms with Crippen LogP contribution in [0.3, 0.4) is 0 Å². The van der Waals surface area contributed by atoms with Gasteiger partial charge >= 0.3 is 0 Å². The molecule has 1 fully saturated rings. The van der Waals surface area contributed by atoms with E-state index in [0.29, 0.717) is 6.42 Å². The van der Waals surface area contributed by atoms with E-state index in [1.54, 1.807) is 13.8 Å². The van der Waals surface area contributed by atoms with E-state index in [1.165, 1.54) is 0 Å². The normalized spacial score (nSPS) is 31.3. The van der Waals surface area contributed by atoms with Crippen LogP contribution in [0.1, 0.15) is 20.3 Å². The van der Waals surface area contributed by atoms with E-state index < -0.39 is 10.8 Å².